The zero-order valence-electron chi connectivity index (χ0n) is 17.5. The van der Waals surface area contributed by atoms with Gasteiger partial charge in [-0.25, -0.2) is 4.98 Å². The SMILES string of the molecule is CCNC(=NCC1CCN(Cc2csc(C)n2)CC1)NCCc1ccccc1Cl. The quantitative estimate of drug-likeness (QED) is 0.485. The minimum absolute atomic E-state index is 0.655. The smallest absolute Gasteiger partial charge is 0.191 e. The monoisotopic (exact) mass is 433 g/mol. The van der Waals surface area contributed by atoms with Crippen molar-refractivity contribution < 1.29 is 0 Å². The van der Waals surface area contributed by atoms with Crippen molar-refractivity contribution >= 4 is 28.9 Å². The highest BCUT2D eigenvalue weighted by molar-refractivity contribution is 7.09. The molecule has 2 N–H and O–H groups in total. The lowest BCUT2D eigenvalue weighted by atomic mass is 9.97. The molecule has 0 saturated carbocycles. The molecule has 5 nitrogen and oxygen atoms in total. The first-order valence-corrected chi connectivity index (χ1v) is 11.8. The molecule has 29 heavy (non-hydrogen) atoms. The van der Waals surface area contributed by atoms with E-state index in [1.165, 1.54) is 24.1 Å². The molecular weight excluding hydrogens is 402 g/mol. The first-order valence-electron chi connectivity index (χ1n) is 10.5. The first kappa shape index (κ1) is 22.1. The number of halogens is 1. The van der Waals surface area contributed by atoms with Gasteiger partial charge in [0.15, 0.2) is 5.96 Å². The number of hydrogen-bond donors (Lipinski definition) is 2. The molecule has 1 aromatic carbocycles. The number of aryl methyl sites for hydroxylation is 1. The van der Waals surface area contributed by atoms with E-state index in [0.29, 0.717) is 5.92 Å². The molecule has 3 rings (SSSR count). The van der Waals surface area contributed by atoms with Gasteiger partial charge in [0.05, 0.1) is 10.7 Å². The summed E-state index contributed by atoms with van der Waals surface area (Å²) in [6, 6.07) is 8.02. The van der Waals surface area contributed by atoms with Crippen LogP contribution < -0.4 is 10.6 Å². The van der Waals surface area contributed by atoms with Crippen LogP contribution in [-0.4, -0.2) is 48.6 Å². The van der Waals surface area contributed by atoms with E-state index < -0.39 is 0 Å². The molecular formula is C22H32ClN5S. The van der Waals surface area contributed by atoms with E-state index in [1.54, 1.807) is 11.3 Å². The largest absolute Gasteiger partial charge is 0.357 e. The Hall–Kier alpha value is -1.63. The Morgan fingerprint density at radius 2 is 2.07 bits per heavy atom. The molecule has 1 aliphatic heterocycles. The number of nitrogens with one attached hydrogen (secondary N) is 2. The second-order valence-electron chi connectivity index (χ2n) is 7.57. The fraction of sp³-hybridized carbons (Fsp3) is 0.545. The lowest BCUT2D eigenvalue weighted by molar-refractivity contribution is 0.179. The summed E-state index contributed by atoms with van der Waals surface area (Å²) in [4.78, 5) is 11.9. The second kappa shape index (κ2) is 11.5. The summed E-state index contributed by atoms with van der Waals surface area (Å²) in [6.45, 7) is 9.98. The van der Waals surface area contributed by atoms with Gasteiger partial charge in [-0.15, -0.1) is 11.3 Å². The minimum atomic E-state index is 0.655. The number of benzene rings is 1. The highest BCUT2D eigenvalue weighted by atomic mass is 35.5. The average molecular weight is 434 g/mol. The third kappa shape index (κ3) is 7.28. The van der Waals surface area contributed by atoms with Crippen LogP contribution in [0.1, 0.15) is 36.0 Å². The number of thiazole rings is 1. The molecule has 0 unspecified atom stereocenters. The van der Waals surface area contributed by atoms with E-state index in [1.807, 2.05) is 18.2 Å². The van der Waals surface area contributed by atoms with E-state index in [0.717, 1.165) is 61.7 Å². The summed E-state index contributed by atoms with van der Waals surface area (Å²) in [7, 11) is 0. The van der Waals surface area contributed by atoms with Gasteiger partial charge in [0.1, 0.15) is 0 Å². The van der Waals surface area contributed by atoms with Crippen molar-refractivity contribution in [1.29, 1.82) is 0 Å². The molecule has 2 heterocycles. The van der Waals surface area contributed by atoms with E-state index in [2.05, 4.69) is 45.8 Å². The summed E-state index contributed by atoms with van der Waals surface area (Å²) in [5, 5.41) is 11.0. The number of piperidine rings is 1. The van der Waals surface area contributed by atoms with Crippen molar-refractivity contribution in [2.24, 2.45) is 10.9 Å². The van der Waals surface area contributed by atoms with Crippen LogP contribution in [-0.2, 0) is 13.0 Å². The summed E-state index contributed by atoms with van der Waals surface area (Å²) >= 11 is 7.98. The Kier molecular flexibility index (Phi) is 8.77. The van der Waals surface area contributed by atoms with Crippen LogP contribution >= 0.6 is 22.9 Å². The van der Waals surface area contributed by atoms with Crippen LogP contribution in [0.25, 0.3) is 0 Å². The standard InChI is InChI=1S/C22H32ClN5S/c1-3-24-22(25-11-8-19-6-4-5-7-21(19)23)26-14-18-9-12-28(13-10-18)15-20-16-29-17(2)27-20/h4-7,16,18H,3,8-15H2,1-2H3,(H2,24,25,26). The molecule has 2 aromatic rings. The highest BCUT2D eigenvalue weighted by Gasteiger charge is 2.19. The molecule has 0 spiro atoms. The number of nitrogens with zero attached hydrogens (tertiary/aromatic N) is 3. The molecule has 1 aromatic heterocycles. The summed E-state index contributed by atoms with van der Waals surface area (Å²) < 4.78 is 0. The van der Waals surface area contributed by atoms with Crippen molar-refractivity contribution in [3.05, 3.63) is 50.9 Å². The zero-order valence-corrected chi connectivity index (χ0v) is 19.0. The molecule has 1 fully saturated rings. The van der Waals surface area contributed by atoms with Gasteiger partial charge in [0, 0.05) is 36.6 Å². The number of likely N-dealkylation sites (tertiary alicyclic amines) is 1. The molecule has 0 atom stereocenters. The number of guanidine groups is 1. The molecule has 0 bridgehead atoms. The van der Waals surface area contributed by atoms with Crippen molar-refractivity contribution in [3.63, 3.8) is 0 Å². The van der Waals surface area contributed by atoms with Crippen molar-refractivity contribution in [2.75, 3.05) is 32.7 Å². The maximum atomic E-state index is 6.25. The van der Waals surface area contributed by atoms with E-state index in [-0.39, 0.29) is 0 Å². The number of aliphatic imine (C=N–C) groups is 1. The van der Waals surface area contributed by atoms with Gasteiger partial charge in [0.2, 0.25) is 0 Å². The molecule has 158 valence electrons. The zero-order chi connectivity index (χ0) is 20.5. The van der Waals surface area contributed by atoms with Crippen molar-refractivity contribution in [2.45, 2.75) is 39.7 Å². The number of hydrogen-bond acceptors (Lipinski definition) is 4. The van der Waals surface area contributed by atoms with Crippen LogP contribution in [0.5, 0.6) is 0 Å². The molecule has 7 heteroatoms. The minimum Gasteiger partial charge on any atom is -0.357 e. The first-order chi connectivity index (χ1) is 14.1. The van der Waals surface area contributed by atoms with Gasteiger partial charge < -0.3 is 10.6 Å². The third-order valence-corrected chi connectivity index (χ3v) is 6.45. The Labute approximate surface area is 183 Å². The van der Waals surface area contributed by atoms with E-state index in [9.17, 15) is 0 Å². The van der Waals surface area contributed by atoms with Crippen LogP contribution in [0.15, 0.2) is 34.6 Å². The summed E-state index contributed by atoms with van der Waals surface area (Å²) in [6.07, 6.45) is 3.29. The van der Waals surface area contributed by atoms with E-state index in [4.69, 9.17) is 16.6 Å². The molecule has 1 aliphatic rings. The maximum absolute atomic E-state index is 6.25. The van der Waals surface area contributed by atoms with Crippen LogP contribution in [0.2, 0.25) is 5.02 Å². The average Bonchev–Trinajstić information content (AvgIpc) is 3.13. The van der Waals surface area contributed by atoms with Crippen molar-refractivity contribution in [1.82, 2.24) is 20.5 Å². The maximum Gasteiger partial charge on any atom is 0.191 e. The van der Waals surface area contributed by atoms with Crippen LogP contribution in [0, 0.1) is 12.8 Å². The van der Waals surface area contributed by atoms with Gasteiger partial charge in [-0.2, -0.15) is 0 Å². The Morgan fingerprint density at radius 1 is 1.28 bits per heavy atom. The lowest BCUT2D eigenvalue weighted by Crippen LogP contribution is -2.39. The summed E-state index contributed by atoms with van der Waals surface area (Å²) in [5.41, 5.74) is 2.38. The van der Waals surface area contributed by atoms with Gasteiger partial charge in [-0.1, -0.05) is 29.8 Å². The predicted octanol–water partition coefficient (Wildman–Crippen LogP) is 4.11. The molecule has 0 amide bonds. The van der Waals surface area contributed by atoms with Crippen LogP contribution in [0.4, 0.5) is 0 Å². The number of rotatable bonds is 8. The fourth-order valence-corrected chi connectivity index (χ4v) is 4.45. The predicted molar refractivity (Wildman–Crippen MR) is 124 cm³/mol. The van der Waals surface area contributed by atoms with Gasteiger partial charge in [0.25, 0.3) is 0 Å². The normalized spacial score (nSPS) is 16.2. The van der Waals surface area contributed by atoms with Crippen LogP contribution in [0.3, 0.4) is 0 Å². The van der Waals surface area contributed by atoms with Gasteiger partial charge in [-0.3, -0.25) is 9.89 Å². The van der Waals surface area contributed by atoms with E-state index >= 15 is 0 Å². The topological polar surface area (TPSA) is 52.6 Å². The molecule has 1 saturated heterocycles. The summed E-state index contributed by atoms with van der Waals surface area (Å²) in [5.74, 6) is 1.56. The Bertz CT molecular complexity index is 783. The van der Waals surface area contributed by atoms with Crippen molar-refractivity contribution in [3.8, 4) is 0 Å². The van der Waals surface area contributed by atoms with Gasteiger partial charge >= 0.3 is 0 Å². The number of aromatic nitrogens is 1. The Morgan fingerprint density at radius 3 is 2.76 bits per heavy atom. The third-order valence-electron chi connectivity index (χ3n) is 5.26. The Balaban J connectivity index is 1.41. The second-order valence-corrected chi connectivity index (χ2v) is 9.03. The van der Waals surface area contributed by atoms with Gasteiger partial charge in [-0.05, 0) is 63.7 Å². The fourth-order valence-electron chi connectivity index (χ4n) is 3.62. The highest BCUT2D eigenvalue weighted by Crippen LogP contribution is 2.20. The lowest BCUT2D eigenvalue weighted by Gasteiger charge is -2.30. The molecule has 0 aliphatic carbocycles. The molecule has 0 radical (unpaired) electrons.